The van der Waals surface area contributed by atoms with Crippen molar-refractivity contribution in [3.8, 4) is 11.5 Å². The van der Waals surface area contributed by atoms with E-state index in [9.17, 15) is 0 Å². The van der Waals surface area contributed by atoms with E-state index in [1.807, 2.05) is 19.1 Å². The quantitative estimate of drug-likeness (QED) is 0.694. The fourth-order valence-corrected chi connectivity index (χ4v) is 1.40. The van der Waals surface area contributed by atoms with E-state index >= 15 is 0 Å². The highest BCUT2D eigenvalue weighted by molar-refractivity contribution is 5.51. The number of rotatable bonds is 2. The molecule has 1 aromatic carbocycles. The number of benzene rings is 1. The van der Waals surface area contributed by atoms with Crippen molar-refractivity contribution in [1.29, 1.82) is 0 Å². The summed E-state index contributed by atoms with van der Waals surface area (Å²) < 4.78 is 10.5. The van der Waals surface area contributed by atoms with Gasteiger partial charge in [0, 0.05) is 5.56 Å². The predicted molar refractivity (Wildman–Crippen MR) is 46.3 cm³/mol. The summed E-state index contributed by atoms with van der Waals surface area (Å²) in [6.45, 7) is 2.65. The van der Waals surface area contributed by atoms with Gasteiger partial charge in [0.15, 0.2) is 11.5 Å². The Bertz CT molecular complexity index is 325. The van der Waals surface area contributed by atoms with Crippen LogP contribution in [-0.2, 0) is 11.4 Å². The molecule has 4 nitrogen and oxygen atoms in total. The maximum absolute atomic E-state index is 5.30. The van der Waals surface area contributed by atoms with Gasteiger partial charge in [0.1, 0.15) is 0 Å². The number of fused-ring (bicyclic) bond motifs is 1. The van der Waals surface area contributed by atoms with Crippen LogP contribution in [0.5, 0.6) is 11.5 Å². The fourth-order valence-electron chi connectivity index (χ4n) is 1.40. The van der Waals surface area contributed by atoms with E-state index in [1.54, 1.807) is 0 Å². The first-order valence-electron chi connectivity index (χ1n) is 4.02. The second-order valence-corrected chi connectivity index (χ2v) is 2.89. The fraction of sp³-hybridized carbons (Fsp3) is 0.333. The first kappa shape index (κ1) is 8.34. The van der Waals surface area contributed by atoms with E-state index < -0.39 is 0 Å². The zero-order valence-corrected chi connectivity index (χ0v) is 7.37. The van der Waals surface area contributed by atoms with E-state index in [2.05, 4.69) is 4.84 Å². The predicted octanol–water partition coefficient (Wildman–Crippen LogP) is 1.11. The normalized spacial score (nSPS) is 13.4. The average Bonchev–Trinajstić information content (AvgIpc) is 2.58. The van der Waals surface area contributed by atoms with Gasteiger partial charge in [0.25, 0.3) is 0 Å². The number of hydrogen-bond donors (Lipinski definition) is 1. The van der Waals surface area contributed by atoms with E-state index in [0.29, 0.717) is 13.4 Å². The van der Waals surface area contributed by atoms with Crippen LogP contribution in [0.4, 0.5) is 0 Å². The molecular formula is C9H11NO3. The van der Waals surface area contributed by atoms with Gasteiger partial charge in [-0.15, -0.1) is 0 Å². The summed E-state index contributed by atoms with van der Waals surface area (Å²) in [6.07, 6.45) is 0. The van der Waals surface area contributed by atoms with Crippen LogP contribution >= 0.6 is 0 Å². The second-order valence-electron chi connectivity index (χ2n) is 2.89. The van der Waals surface area contributed by atoms with Gasteiger partial charge in [0.05, 0.1) is 6.61 Å². The highest BCUT2D eigenvalue weighted by atomic mass is 16.7. The highest BCUT2D eigenvalue weighted by Crippen LogP contribution is 2.36. The van der Waals surface area contributed by atoms with Gasteiger partial charge in [-0.05, 0) is 18.6 Å². The Kier molecular flexibility index (Phi) is 2.08. The Labute approximate surface area is 76.2 Å². The van der Waals surface area contributed by atoms with Crippen LogP contribution in [0, 0.1) is 6.92 Å². The lowest BCUT2D eigenvalue weighted by Gasteiger charge is -2.06. The molecule has 0 spiro atoms. The average molecular weight is 181 g/mol. The minimum Gasteiger partial charge on any atom is -0.454 e. The minimum absolute atomic E-state index is 0.295. The molecule has 1 aliphatic heterocycles. The summed E-state index contributed by atoms with van der Waals surface area (Å²) in [6, 6.07) is 3.79. The van der Waals surface area contributed by atoms with Crippen molar-refractivity contribution < 1.29 is 14.3 Å². The van der Waals surface area contributed by atoms with E-state index in [-0.39, 0.29) is 0 Å². The first-order chi connectivity index (χ1) is 6.33. The van der Waals surface area contributed by atoms with Gasteiger partial charge in [-0.25, -0.2) is 5.90 Å². The molecule has 1 aromatic rings. The molecule has 0 aliphatic carbocycles. The number of ether oxygens (including phenoxy) is 2. The van der Waals surface area contributed by atoms with Crippen molar-refractivity contribution in [3.63, 3.8) is 0 Å². The van der Waals surface area contributed by atoms with Crippen LogP contribution in [0.1, 0.15) is 11.1 Å². The monoisotopic (exact) mass is 181 g/mol. The Morgan fingerprint density at radius 2 is 2.31 bits per heavy atom. The molecule has 70 valence electrons. The van der Waals surface area contributed by atoms with Gasteiger partial charge in [-0.3, -0.25) is 4.84 Å². The summed E-state index contributed by atoms with van der Waals surface area (Å²) in [7, 11) is 0. The van der Waals surface area contributed by atoms with Gasteiger partial charge < -0.3 is 9.47 Å². The molecule has 1 aliphatic rings. The third-order valence-electron chi connectivity index (χ3n) is 2.14. The van der Waals surface area contributed by atoms with Crippen LogP contribution in [0.3, 0.4) is 0 Å². The molecule has 2 N–H and O–H groups in total. The van der Waals surface area contributed by atoms with Crippen molar-refractivity contribution >= 4 is 0 Å². The molecular weight excluding hydrogens is 170 g/mol. The molecule has 0 bridgehead atoms. The lowest BCUT2D eigenvalue weighted by Crippen LogP contribution is -2.01. The largest absolute Gasteiger partial charge is 0.454 e. The van der Waals surface area contributed by atoms with Crippen molar-refractivity contribution in [3.05, 3.63) is 23.3 Å². The van der Waals surface area contributed by atoms with Crippen molar-refractivity contribution in [2.45, 2.75) is 13.5 Å². The standard InChI is InChI=1S/C9H11NO3/c1-6-7(4-13-10)2-3-8-9(6)12-5-11-8/h2-3H,4-5,10H2,1H3. The molecule has 13 heavy (non-hydrogen) atoms. The molecule has 0 fully saturated rings. The molecule has 0 radical (unpaired) electrons. The second kappa shape index (κ2) is 3.24. The zero-order chi connectivity index (χ0) is 9.26. The molecule has 4 heteroatoms. The smallest absolute Gasteiger partial charge is 0.231 e. The molecule has 0 unspecified atom stereocenters. The highest BCUT2D eigenvalue weighted by Gasteiger charge is 2.17. The molecule has 2 rings (SSSR count). The minimum atomic E-state index is 0.295. The van der Waals surface area contributed by atoms with Crippen LogP contribution in [0.15, 0.2) is 12.1 Å². The van der Waals surface area contributed by atoms with Crippen LogP contribution in [0.25, 0.3) is 0 Å². The third kappa shape index (κ3) is 1.34. The molecule has 0 saturated heterocycles. The van der Waals surface area contributed by atoms with Crippen molar-refractivity contribution in [2.24, 2.45) is 5.90 Å². The SMILES string of the molecule is Cc1c(CON)ccc2c1OCO2. The zero-order valence-electron chi connectivity index (χ0n) is 7.37. The Balaban J connectivity index is 2.40. The molecule has 0 atom stereocenters. The van der Waals surface area contributed by atoms with E-state index in [1.165, 1.54) is 0 Å². The molecule has 0 amide bonds. The van der Waals surface area contributed by atoms with Gasteiger partial charge in [-0.2, -0.15) is 0 Å². The lowest BCUT2D eigenvalue weighted by molar-refractivity contribution is 0.123. The maximum atomic E-state index is 5.30. The molecule has 0 aromatic heterocycles. The van der Waals surface area contributed by atoms with Crippen molar-refractivity contribution in [1.82, 2.24) is 0 Å². The molecule has 0 saturated carbocycles. The summed E-state index contributed by atoms with van der Waals surface area (Å²) in [5, 5.41) is 0. The van der Waals surface area contributed by atoms with Crippen LogP contribution in [0.2, 0.25) is 0 Å². The Hall–Kier alpha value is -1.26. The number of hydrogen-bond acceptors (Lipinski definition) is 4. The summed E-state index contributed by atoms with van der Waals surface area (Å²) in [5.74, 6) is 6.59. The summed E-state index contributed by atoms with van der Waals surface area (Å²) in [4.78, 5) is 4.57. The summed E-state index contributed by atoms with van der Waals surface area (Å²) in [5.41, 5.74) is 2.05. The van der Waals surface area contributed by atoms with Crippen LogP contribution < -0.4 is 15.4 Å². The Morgan fingerprint density at radius 1 is 1.46 bits per heavy atom. The van der Waals surface area contributed by atoms with E-state index in [0.717, 1.165) is 22.6 Å². The first-order valence-corrected chi connectivity index (χ1v) is 4.02. The summed E-state index contributed by atoms with van der Waals surface area (Å²) >= 11 is 0. The van der Waals surface area contributed by atoms with Gasteiger partial charge in [0.2, 0.25) is 6.79 Å². The maximum Gasteiger partial charge on any atom is 0.231 e. The topological polar surface area (TPSA) is 53.7 Å². The van der Waals surface area contributed by atoms with Crippen LogP contribution in [-0.4, -0.2) is 6.79 Å². The molecule has 1 heterocycles. The van der Waals surface area contributed by atoms with Crippen molar-refractivity contribution in [2.75, 3.05) is 6.79 Å². The number of nitrogens with two attached hydrogens (primary N) is 1. The lowest BCUT2D eigenvalue weighted by atomic mass is 10.1. The van der Waals surface area contributed by atoms with Gasteiger partial charge >= 0.3 is 0 Å². The van der Waals surface area contributed by atoms with E-state index in [4.69, 9.17) is 15.4 Å². The third-order valence-corrected chi connectivity index (χ3v) is 2.14. The Morgan fingerprint density at radius 3 is 3.08 bits per heavy atom. The van der Waals surface area contributed by atoms with Gasteiger partial charge in [-0.1, -0.05) is 6.07 Å².